The minimum atomic E-state index is -0.804. The molecule has 0 amide bonds. The van der Waals surface area contributed by atoms with Gasteiger partial charge in [0.2, 0.25) is 0 Å². The van der Waals surface area contributed by atoms with Gasteiger partial charge in [0.05, 0.1) is 23.8 Å². The maximum atomic E-state index is 12.0. The van der Waals surface area contributed by atoms with Gasteiger partial charge in [-0.25, -0.2) is 4.98 Å². The van der Waals surface area contributed by atoms with Gasteiger partial charge in [-0.1, -0.05) is 28.1 Å². The average Bonchev–Trinajstić information content (AvgIpc) is 2.57. The lowest BCUT2D eigenvalue weighted by atomic mass is 10.2. The van der Waals surface area contributed by atoms with Gasteiger partial charge in [-0.2, -0.15) is 0 Å². The second-order valence-electron chi connectivity index (χ2n) is 5.11. The molecule has 1 atom stereocenters. The van der Waals surface area contributed by atoms with Crippen molar-refractivity contribution in [2.24, 2.45) is 0 Å². The average molecular weight is 375 g/mol. The third-order valence-corrected chi connectivity index (χ3v) is 3.93. The van der Waals surface area contributed by atoms with Crippen molar-refractivity contribution >= 4 is 27.0 Å². The number of hydrogen-bond acceptors (Lipinski definition) is 4. The Morgan fingerprint density at radius 1 is 1.17 bits per heavy atom. The van der Waals surface area contributed by atoms with E-state index in [-0.39, 0.29) is 18.7 Å². The predicted octanol–water partition coefficient (Wildman–Crippen LogP) is 2.60. The fraction of sp³-hybridized carbons (Fsp3) is 0.176. The van der Waals surface area contributed by atoms with E-state index in [0.29, 0.717) is 16.8 Å². The molecule has 5 nitrogen and oxygen atoms in total. The van der Waals surface area contributed by atoms with Gasteiger partial charge in [-0.15, -0.1) is 0 Å². The van der Waals surface area contributed by atoms with Crippen molar-refractivity contribution in [3.63, 3.8) is 0 Å². The van der Waals surface area contributed by atoms with Crippen molar-refractivity contribution in [3.05, 3.63) is 69.6 Å². The lowest BCUT2D eigenvalue weighted by molar-refractivity contribution is 0.0927. The summed E-state index contributed by atoms with van der Waals surface area (Å²) in [6.07, 6.45) is 0.465. The highest BCUT2D eigenvalue weighted by molar-refractivity contribution is 9.10. The maximum Gasteiger partial charge on any atom is 0.269 e. The smallest absolute Gasteiger partial charge is 0.269 e. The topological polar surface area (TPSA) is 64.4 Å². The molecule has 0 saturated heterocycles. The van der Waals surface area contributed by atoms with Crippen LogP contribution in [0.3, 0.4) is 0 Å². The molecule has 0 aliphatic heterocycles. The van der Waals surface area contributed by atoms with Crippen LogP contribution in [0.15, 0.2) is 64.0 Å². The summed E-state index contributed by atoms with van der Waals surface area (Å²) in [6.45, 7) is 0.253. The molecule has 3 aromatic rings. The van der Waals surface area contributed by atoms with Crippen molar-refractivity contribution in [3.8, 4) is 5.75 Å². The van der Waals surface area contributed by atoms with Gasteiger partial charge in [0.25, 0.3) is 5.56 Å². The molecule has 1 unspecified atom stereocenters. The Labute approximate surface area is 141 Å². The molecular weight excluding hydrogens is 360 g/mol. The van der Waals surface area contributed by atoms with Crippen molar-refractivity contribution in [2.45, 2.75) is 12.6 Å². The van der Waals surface area contributed by atoms with Crippen LogP contribution in [-0.2, 0) is 6.54 Å². The fourth-order valence-electron chi connectivity index (χ4n) is 2.29. The van der Waals surface area contributed by atoms with Gasteiger partial charge in [0.15, 0.2) is 0 Å². The molecule has 3 rings (SSSR count). The van der Waals surface area contributed by atoms with Crippen molar-refractivity contribution < 1.29 is 9.84 Å². The summed E-state index contributed by atoms with van der Waals surface area (Å²) in [4.78, 5) is 16.1. The standard InChI is InChI=1S/C17H15BrN2O3/c18-12-5-7-14(8-6-12)23-11-13(21)10-20-16-4-2-1-3-15(16)19-9-17(20)22/h1-9,13,21H,10-11H2. The number of halogens is 1. The lowest BCUT2D eigenvalue weighted by Crippen LogP contribution is -2.30. The van der Waals surface area contributed by atoms with E-state index in [1.54, 1.807) is 0 Å². The summed E-state index contributed by atoms with van der Waals surface area (Å²) in [7, 11) is 0. The Kier molecular flexibility index (Phi) is 4.73. The maximum absolute atomic E-state index is 12.0. The molecule has 1 N–H and O–H groups in total. The third kappa shape index (κ3) is 3.78. The molecule has 0 aliphatic carbocycles. The molecular formula is C17H15BrN2O3. The number of hydrogen-bond donors (Lipinski definition) is 1. The van der Waals surface area contributed by atoms with Gasteiger partial charge in [0, 0.05) is 4.47 Å². The minimum absolute atomic E-state index is 0.102. The van der Waals surface area contributed by atoms with Crippen LogP contribution in [-0.4, -0.2) is 27.4 Å². The van der Waals surface area contributed by atoms with Gasteiger partial charge in [-0.3, -0.25) is 4.79 Å². The van der Waals surface area contributed by atoms with E-state index in [1.807, 2.05) is 48.5 Å². The van der Waals surface area contributed by atoms with Crippen LogP contribution in [0.1, 0.15) is 0 Å². The molecule has 0 aliphatic rings. The van der Waals surface area contributed by atoms with Crippen LogP contribution in [0.4, 0.5) is 0 Å². The number of para-hydroxylation sites is 2. The summed E-state index contributed by atoms with van der Waals surface area (Å²) in [5, 5.41) is 10.2. The van der Waals surface area contributed by atoms with Crippen LogP contribution in [0.25, 0.3) is 11.0 Å². The summed E-state index contributed by atoms with van der Waals surface area (Å²) in [5.74, 6) is 0.666. The fourth-order valence-corrected chi connectivity index (χ4v) is 2.55. The van der Waals surface area contributed by atoms with Crippen molar-refractivity contribution in [1.29, 1.82) is 0 Å². The number of aliphatic hydroxyl groups excluding tert-OH is 1. The first-order valence-corrected chi connectivity index (χ1v) is 7.94. The number of aliphatic hydroxyl groups is 1. The number of rotatable bonds is 5. The molecule has 0 radical (unpaired) electrons. The van der Waals surface area contributed by atoms with E-state index in [4.69, 9.17) is 4.74 Å². The molecule has 6 heteroatoms. The van der Waals surface area contributed by atoms with E-state index in [2.05, 4.69) is 20.9 Å². The number of nitrogens with zero attached hydrogens (tertiary/aromatic N) is 2. The Balaban J connectivity index is 1.73. The largest absolute Gasteiger partial charge is 0.491 e. The van der Waals surface area contributed by atoms with Crippen LogP contribution in [0.5, 0.6) is 5.75 Å². The van der Waals surface area contributed by atoms with Gasteiger partial charge in [0.1, 0.15) is 18.5 Å². The highest BCUT2D eigenvalue weighted by atomic mass is 79.9. The van der Waals surface area contributed by atoms with Crippen molar-refractivity contribution in [1.82, 2.24) is 9.55 Å². The quantitative estimate of drug-likeness (QED) is 0.745. The highest BCUT2D eigenvalue weighted by Crippen LogP contribution is 2.16. The molecule has 0 spiro atoms. The number of aromatic nitrogens is 2. The van der Waals surface area contributed by atoms with E-state index in [0.717, 1.165) is 4.47 Å². The molecule has 0 saturated carbocycles. The number of benzene rings is 2. The Morgan fingerprint density at radius 3 is 2.70 bits per heavy atom. The number of ether oxygens (including phenoxy) is 1. The van der Waals surface area contributed by atoms with Crippen LogP contribution < -0.4 is 10.3 Å². The molecule has 2 aromatic carbocycles. The van der Waals surface area contributed by atoms with Gasteiger partial charge >= 0.3 is 0 Å². The van der Waals surface area contributed by atoms with E-state index < -0.39 is 6.10 Å². The molecule has 0 bridgehead atoms. The zero-order valence-corrected chi connectivity index (χ0v) is 13.8. The first-order chi connectivity index (χ1) is 11.1. The zero-order valence-electron chi connectivity index (χ0n) is 12.2. The first kappa shape index (κ1) is 15.7. The summed E-state index contributed by atoms with van der Waals surface area (Å²) >= 11 is 3.35. The molecule has 0 fully saturated rings. The van der Waals surface area contributed by atoms with E-state index >= 15 is 0 Å². The third-order valence-electron chi connectivity index (χ3n) is 3.40. The van der Waals surface area contributed by atoms with E-state index in [9.17, 15) is 9.90 Å². The molecule has 118 valence electrons. The predicted molar refractivity (Wildman–Crippen MR) is 91.6 cm³/mol. The Bertz CT molecular complexity index is 862. The molecule has 1 aromatic heterocycles. The zero-order chi connectivity index (χ0) is 16.2. The van der Waals surface area contributed by atoms with Crippen LogP contribution in [0, 0.1) is 0 Å². The monoisotopic (exact) mass is 374 g/mol. The highest BCUT2D eigenvalue weighted by Gasteiger charge is 2.11. The number of fused-ring (bicyclic) bond motifs is 1. The first-order valence-electron chi connectivity index (χ1n) is 7.14. The van der Waals surface area contributed by atoms with Crippen molar-refractivity contribution in [2.75, 3.05) is 6.61 Å². The minimum Gasteiger partial charge on any atom is -0.491 e. The van der Waals surface area contributed by atoms with Gasteiger partial charge < -0.3 is 14.4 Å². The van der Waals surface area contributed by atoms with E-state index in [1.165, 1.54) is 10.8 Å². The molecule has 1 heterocycles. The normalized spacial score (nSPS) is 12.3. The summed E-state index contributed by atoms with van der Waals surface area (Å²) < 4.78 is 8.02. The SMILES string of the molecule is O=c1cnc2ccccc2n1CC(O)COc1ccc(Br)cc1. The van der Waals surface area contributed by atoms with Crippen LogP contribution in [0.2, 0.25) is 0 Å². The Hall–Kier alpha value is -2.18. The second-order valence-corrected chi connectivity index (χ2v) is 6.03. The van der Waals surface area contributed by atoms with Gasteiger partial charge in [-0.05, 0) is 36.4 Å². The Morgan fingerprint density at radius 2 is 1.91 bits per heavy atom. The van der Waals surface area contributed by atoms with Crippen LogP contribution >= 0.6 is 15.9 Å². The summed E-state index contributed by atoms with van der Waals surface area (Å²) in [5.41, 5.74) is 1.17. The second kappa shape index (κ2) is 6.93. The summed E-state index contributed by atoms with van der Waals surface area (Å²) in [6, 6.07) is 14.7. The lowest BCUT2D eigenvalue weighted by Gasteiger charge is -2.15. The molecule has 23 heavy (non-hydrogen) atoms.